The summed E-state index contributed by atoms with van der Waals surface area (Å²) in [5.41, 5.74) is 0. The van der Waals surface area contributed by atoms with Crippen LogP contribution in [0.3, 0.4) is 0 Å². The lowest BCUT2D eigenvalue weighted by Gasteiger charge is -2.23. The molecule has 0 aliphatic carbocycles. The number of aliphatic hydroxyl groups excluding tert-OH is 1. The number of fused-ring (bicyclic) bond motifs is 2. The Morgan fingerprint density at radius 2 is 2.23 bits per heavy atom. The van der Waals surface area contributed by atoms with Crippen LogP contribution in [0.25, 0.3) is 0 Å². The van der Waals surface area contributed by atoms with Crippen molar-refractivity contribution in [3.63, 3.8) is 0 Å². The maximum atomic E-state index is 9.20. The second kappa shape index (κ2) is 3.68. The predicted molar refractivity (Wildman–Crippen MR) is 48.1 cm³/mol. The fraction of sp³-hybridized carbons (Fsp3) is 0.800. The van der Waals surface area contributed by atoms with Crippen molar-refractivity contribution >= 4 is 0 Å². The smallest absolute Gasteiger partial charge is 0.0788 e. The van der Waals surface area contributed by atoms with Crippen molar-refractivity contribution in [2.45, 2.75) is 25.0 Å². The molecule has 13 heavy (non-hydrogen) atoms. The first-order valence-corrected chi connectivity index (χ1v) is 4.82. The SMILES string of the molecule is COC=C[C@@H]1[C@H](CO)[C@@H]2CC[C@H]1O2. The Bertz CT molecular complexity index is 202. The van der Waals surface area contributed by atoms with Crippen LogP contribution in [-0.4, -0.2) is 31.0 Å². The molecule has 0 radical (unpaired) electrons. The maximum absolute atomic E-state index is 9.20. The molecule has 2 rings (SSSR count). The third kappa shape index (κ3) is 1.46. The zero-order valence-electron chi connectivity index (χ0n) is 7.85. The third-order valence-corrected chi connectivity index (χ3v) is 3.13. The minimum Gasteiger partial charge on any atom is -0.505 e. The van der Waals surface area contributed by atoms with Crippen molar-refractivity contribution in [2.24, 2.45) is 11.8 Å². The average molecular weight is 184 g/mol. The fourth-order valence-corrected chi connectivity index (χ4v) is 2.49. The molecular weight excluding hydrogens is 168 g/mol. The molecule has 2 saturated heterocycles. The van der Waals surface area contributed by atoms with Crippen LogP contribution in [0.15, 0.2) is 12.3 Å². The minimum atomic E-state index is 0.222. The molecular formula is C10H16O3. The highest BCUT2D eigenvalue weighted by molar-refractivity contribution is 5.03. The molecule has 2 fully saturated rings. The summed E-state index contributed by atoms with van der Waals surface area (Å²) >= 11 is 0. The zero-order chi connectivity index (χ0) is 9.26. The fourth-order valence-electron chi connectivity index (χ4n) is 2.49. The monoisotopic (exact) mass is 184 g/mol. The molecule has 0 spiro atoms. The van der Waals surface area contributed by atoms with Gasteiger partial charge >= 0.3 is 0 Å². The van der Waals surface area contributed by atoms with Gasteiger partial charge in [0, 0.05) is 18.4 Å². The van der Waals surface area contributed by atoms with E-state index in [4.69, 9.17) is 9.47 Å². The minimum absolute atomic E-state index is 0.222. The first kappa shape index (κ1) is 9.03. The molecule has 0 amide bonds. The summed E-state index contributed by atoms with van der Waals surface area (Å²) in [5, 5.41) is 9.20. The number of hydrogen-bond acceptors (Lipinski definition) is 3. The second-order valence-electron chi connectivity index (χ2n) is 3.78. The summed E-state index contributed by atoms with van der Waals surface area (Å²) in [6.45, 7) is 0.222. The van der Waals surface area contributed by atoms with Gasteiger partial charge in [0.1, 0.15) is 0 Å². The number of hydrogen-bond donors (Lipinski definition) is 1. The Morgan fingerprint density at radius 3 is 2.92 bits per heavy atom. The molecule has 0 saturated carbocycles. The van der Waals surface area contributed by atoms with E-state index in [9.17, 15) is 5.11 Å². The molecule has 0 aromatic rings. The molecule has 74 valence electrons. The van der Waals surface area contributed by atoms with E-state index >= 15 is 0 Å². The molecule has 3 heteroatoms. The van der Waals surface area contributed by atoms with Crippen LogP contribution in [0.5, 0.6) is 0 Å². The molecule has 2 aliphatic heterocycles. The van der Waals surface area contributed by atoms with Gasteiger partial charge in [0.05, 0.1) is 25.6 Å². The lowest BCUT2D eigenvalue weighted by molar-refractivity contribution is 0.0790. The Kier molecular flexibility index (Phi) is 2.56. The number of ether oxygens (including phenoxy) is 2. The van der Waals surface area contributed by atoms with Gasteiger partial charge in [-0.25, -0.2) is 0 Å². The summed E-state index contributed by atoms with van der Waals surface area (Å²) in [6, 6.07) is 0. The van der Waals surface area contributed by atoms with E-state index in [1.165, 1.54) is 0 Å². The summed E-state index contributed by atoms with van der Waals surface area (Å²) < 4.78 is 10.6. The Hall–Kier alpha value is -0.540. The first-order valence-electron chi connectivity index (χ1n) is 4.82. The number of rotatable bonds is 3. The van der Waals surface area contributed by atoms with Gasteiger partial charge in [-0.05, 0) is 18.9 Å². The average Bonchev–Trinajstić information content (AvgIpc) is 2.73. The number of aliphatic hydroxyl groups is 1. The second-order valence-corrected chi connectivity index (χ2v) is 3.78. The van der Waals surface area contributed by atoms with Crippen LogP contribution in [0.1, 0.15) is 12.8 Å². The lowest BCUT2D eigenvalue weighted by Crippen LogP contribution is -2.28. The van der Waals surface area contributed by atoms with E-state index in [0.717, 1.165) is 12.8 Å². The summed E-state index contributed by atoms with van der Waals surface area (Å²) in [5.74, 6) is 0.633. The van der Waals surface area contributed by atoms with Crippen LogP contribution in [0, 0.1) is 11.8 Å². The van der Waals surface area contributed by atoms with Gasteiger partial charge < -0.3 is 14.6 Å². The topological polar surface area (TPSA) is 38.7 Å². The molecule has 2 aliphatic rings. The zero-order valence-corrected chi connectivity index (χ0v) is 7.85. The Morgan fingerprint density at radius 1 is 1.46 bits per heavy atom. The van der Waals surface area contributed by atoms with Crippen LogP contribution in [0.4, 0.5) is 0 Å². The highest BCUT2D eigenvalue weighted by Gasteiger charge is 2.47. The summed E-state index contributed by atoms with van der Waals surface area (Å²) in [4.78, 5) is 0. The summed E-state index contributed by atoms with van der Waals surface area (Å²) in [7, 11) is 1.64. The van der Waals surface area contributed by atoms with E-state index < -0.39 is 0 Å². The van der Waals surface area contributed by atoms with Crippen LogP contribution >= 0.6 is 0 Å². The largest absolute Gasteiger partial charge is 0.505 e. The molecule has 2 heterocycles. The van der Waals surface area contributed by atoms with Gasteiger partial charge in [0.15, 0.2) is 0 Å². The van der Waals surface area contributed by atoms with Crippen molar-refractivity contribution in [3.05, 3.63) is 12.3 Å². The standard InChI is InChI=1S/C10H16O3/c1-12-5-4-7-8(6-11)10-3-2-9(7)13-10/h4-5,7-11H,2-3,6H2,1H3/t7-,8+,9-,10+/m1/s1. The molecule has 0 aromatic carbocycles. The van der Waals surface area contributed by atoms with Crippen LogP contribution in [0.2, 0.25) is 0 Å². The molecule has 0 unspecified atom stereocenters. The quantitative estimate of drug-likeness (QED) is 0.663. The van der Waals surface area contributed by atoms with E-state index in [2.05, 4.69) is 0 Å². The Labute approximate surface area is 78.3 Å². The van der Waals surface area contributed by atoms with Crippen molar-refractivity contribution < 1.29 is 14.6 Å². The normalized spacial score (nSPS) is 43.2. The highest BCUT2D eigenvalue weighted by atomic mass is 16.5. The van der Waals surface area contributed by atoms with Gasteiger partial charge in [-0.1, -0.05) is 0 Å². The van der Waals surface area contributed by atoms with Crippen molar-refractivity contribution in [1.82, 2.24) is 0 Å². The molecule has 0 aromatic heterocycles. The van der Waals surface area contributed by atoms with E-state index in [-0.39, 0.29) is 18.6 Å². The molecule has 3 nitrogen and oxygen atoms in total. The van der Waals surface area contributed by atoms with Crippen LogP contribution < -0.4 is 0 Å². The predicted octanol–water partition coefficient (Wildman–Crippen LogP) is 0.932. The van der Waals surface area contributed by atoms with Crippen molar-refractivity contribution in [2.75, 3.05) is 13.7 Å². The van der Waals surface area contributed by atoms with E-state index in [0.29, 0.717) is 12.0 Å². The molecule has 1 N–H and O–H groups in total. The number of methoxy groups -OCH3 is 1. The van der Waals surface area contributed by atoms with Gasteiger partial charge in [0.2, 0.25) is 0 Å². The van der Waals surface area contributed by atoms with E-state index in [1.807, 2.05) is 6.08 Å². The van der Waals surface area contributed by atoms with Gasteiger partial charge in [-0.3, -0.25) is 0 Å². The maximum Gasteiger partial charge on any atom is 0.0788 e. The van der Waals surface area contributed by atoms with Crippen molar-refractivity contribution in [1.29, 1.82) is 0 Å². The highest BCUT2D eigenvalue weighted by Crippen LogP contribution is 2.43. The lowest BCUT2D eigenvalue weighted by atomic mass is 9.80. The molecule has 4 atom stereocenters. The molecule has 2 bridgehead atoms. The van der Waals surface area contributed by atoms with Gasteiger partial charge in [0.25, 0.3) is 0 Å². The van der Waals surface area contributed by atoms with E-state index in [1.54, 1.807) is 13.4 Å². The van der Waals surface area contributed by atoms with Gasteiger partial charge in [-0.15, -0.1) is 0 Å². The Balaban J connectivity index is 2.04. The first-order chi connectivity index (χ1) is 6.36. The third-order valence-electron chi connectivity index (χ3n) is 3.13. The summed E-state index contributed by atoms with van der Waals surface area (Å²) in [6.07, 6.45) is 6.53. The van der Waals surface area contributed by atoms with Crippen LogP contribution in [-0.2, 0) is 9.47 Å². The van der Waals surface area contributed by atoms with Gasteiger partial charge in [-0.2, -0.15) is 0 Å². The van der Waals surface area contributed by atoms with Crippen molar-refractivity contribution in [3.8, 4) is 0 Å².